The number of quaternary nitrogens is 1. The van der Waals surface area contributed by atoms with E-state index in [4.69, 9.17) is 0 Å². The standard InChI is InChI=1S/C12H21NO4S/c1-4-7-13(8-5-2,9-6-3)10-12(14)11-18(15,16)17/h4-9,12,14H,10-11H2,1-3H3/b7-4+,8-5+,9-6+. The largest absolute Gasteiger partial charge is 0.748 e. The fraction of sp³-hybridized carbons (Fsp3) is 0.500. The Morgan fingerprint density at radius 3 is 1.78 bits per heavy atom. The topological polar surface area (TPSA) is 77.4 Å². The third-order valence-electron chi connectivity index (χ3n) is 2.20. The summed E-state index contributed by atoms with van der Waals surface area (Å²) in [5.41, 5.74) is 0. The highest BCUT2D eigenvalue weighted by molar-refractivity contribution is 7.85. The lowest BCUT2D eigenvalue weighted by atomic mass is 10.3. The van der Waals surface area contributed by atoms with Crippen molar-refractivity contribution in [2.24, 2.45) is 0 Å². The first-order chi connectivity index (χ1) is 8.28. The summed E-state index contributed by atoms with van der Waals surface area (Å²) < 4.78 is 32.0. The van der Waals surface area contributed by atoms with Gasteiger partial charge in [-0.3, -0.25) is 0 Å². The van der Waals surface area contributed by atoms with Crippen LogP contribution in [0.3, 0.4) is 0 Å². The molecule has 0 saturated heterocycles. The van der Waals surface area contributed by atoms with Crippen LogP contribution in [0.4, 0.5) is 0 Å². The van der Waals surface area contributed by atoms with E-state index in [1.165, 1.54) is 0 Å². The summed E-state index contributed by atoms with van der Waals surface area (Å²) in [5, 5.41) is 9.70. The molecule has 0 fully saturated rings. The SMILES string of the molecule is C/C=C/[N+](/C=C/C)(/C=C/C)CC(O)CS(=O)(=O)[O-]. The van der Waals surface area contributed by atoms with E-state index < -0.39 is 22.0 Å². The minimum atomic E-state index is -4.42. The second-order valence-corrected chi connectivity index (χ2v) is 5.45. The van der Waals surface area contributed by atoms with E-state index in [0.717, 1.165) is 0 Å². The molecule has 0 aromatic carbocycles. The molecule has 0 aromatic heterocycles. The molecule has 0 aliphatic heterocycles. The molecule has 5 nitrogen and oxygen atoms in total. The molecule has 0 radical (unpaired) electrons. The van der Waals surface area contributed by atoms with Gasteiger partial charge in [-0.05, 0) is 39.0 Å². The monoisotopic (exact) mass is 275 g/mol. The first kappa shape index (κ1) is 17.1. The van der Waals surface area contributed by atoms with Gasteiger partial charge in [0.2, 0.25) is 0 Å². The Morgan fingerprint density at radius 1 is 1.11 bits per heavy atom. The van der Waals surface area contributed by atoms with Crippen LogP contribution in [-0.2, 0) is 10.1 Å². The van der Waals surface area contributed by atoms with Gasteiger partial charge in [0.25, 0.3) is 0 Å². The molecule has 0 bridgehead atoms. The average Bonchev–Trinajstić information content (AvgIpc) is 2.15. The number of allylic oxidation sites excluding steroid dienone is 3. The maximum Gasteiger partial charge on any atom is 0.119 e. The van der Waals surface area contributed by atoms with Crippen molar-refractivity contribution in [1.29, 1.82) is 0 Å². The normalized spacial score (nSPS) is 16.1. The molecular weight excluding hydrogens is 254 g/mol. The van der Waals surface area contributed by atoms with Crippen LogP contribution in [0, 0.1) is 0 Å². The summed E-state index contributed by atoms with van der Waals surface area (Å²) in [6.07, 6.45) is 9.62. The molecule has 0 rings (SSSR count). The Kier molecular flexibility index (Phi) is 7.08. The molecule has 6 heteroatoms. The van der Waals surface area contributed by atoms with Gasteiger partial charge in [0.05, 0.1) is 15.9 Å². The van der Waals surface area contributed by atoms with Crippen molar-refractivity contribution < 1.29 is 22.6 Å². The number of aliphatic hydroxyl groups excluding tert-OH is 1. The van der Waals surface area contributed by atoms with Crippen LogP contribution < -0.4 is 0 Å². The van der Waals surface area contributed by atoms with Crippen molar-refractivity contribution in [3.63, 3.8) is 0 Å². The predicted molar refractivity (Wildman–Crippen MR) is 70.1 cm³/mol. The maximum absolute atomic E-state index is 10.6. The lowest BCUT2D eigenvalue weighted by Crippen LogP contribution is -2.41. The zero-order chi connectivity index (χ0) is 14.2. The van der Waals surface area contributed by atoms with E-state index in [2.05, 4.69) is 0 Å². The average molecular weight is 275 g/mol. The number of hydrogen-bond donors (Lipinski definition) is 1. The predicted octanol–water partition coefficient (Wildman–Crippen LogP) is 1.31. The van der Waals surface area contributed by atoms with Crippen LogP contribution >= 0.6 is 0 Å². The van der Waals surface area contributed by atoms with Crippen LogP contribution in [0.5, 0.6) is 0 Å². The molecule has 0 amide bonds. The first-order valence-electron chi connectivity index (χ1n) is 5.69. The Labute approximate surface area is 109 Å². The molecule has 0 aromatic rings. The number of aliphatic hydroxyl groups is 1. The van der Waals surface area contributed by atoms with Gasteiger partial charge >= 0.3 is 0 Å². The molecule has 0 aliphatic rings. The minimum absolute atomic E-state index is 0.0977. The first-order valence-corrected chi connectivity index (χ1v) is 7.26. The van der Waals surface area contributed by atoms with Crippen molar-refractivity contribution in [1.82, 2.24) is 0 Å². The van der Waals surface area contributed by atoms with Crippen LogP contribution in [0.15, 0.2) is 36.8 Å². The molecule has 1 N–H and O–H groups in total. The molecular formula is C12H21NO4S. The molecule has 0 spiro atoms. The van der Waals surface area contributed by atoms with Gasteiger partial charge in [0.15, 0.2) is 0 Å². The van der Waals surface area contributed by atoms with Gasteiger partial charge in [-0.2, -0.15) is 0 Å². The van der Waals surface area contributed by atoms with Crippen molar-refractivity contribution in [2.45, 2.75) is 26.9 Å². The quantitative estimate of drug-likeness (QED) is 0.561. The summed E-state index contributed by atoms with van der Waals surface area (Å²) >= 11 is 0. The molecule has 18 heavy (non-hydrogen) atoms. The Hall–Kier alpha value is -0.950. The Morgan fingerprint density at radius 2 is 1.50 bits per heavy atom. The van der Waals surface area contributed by atoms with Crippen molar-refractivity contribution in [3.05, 3.63) is 36.8 Å². The number of nitrogens with zero attached hydrogens (tertiary/aromatic N) is 1. The number of rotatable bonds is 7. The Balaban J connectivity index is 5.10. The third kappa shape index (κ3) is 6.70. The molecule has 1 atom stereocenters. The second-order valence-electron chi connectivity index (χ2n) is 4.00. The third-order valence-corrected chi connectivity index (χ3v) is 3.00. The zero-order valence-electron chi connectivity index (χ0n) is 11.0. The lowest BCUT2D eigenvalue weighted by molar-refractivity contribution is -0.777. The van der Waals surface area contributed by atoms with Gasteiger partial charge in [-0.15, -0.1) is 0 Å². The summed E-state index contributed by atoms with van der Waals surface area (Å²) in [5.74, 6) is -0.778. The number of hydrogen-bond acceptors (Lipinski definition) is 4. The van der Waals surface area contributed by atoms with E-state index in [0.29, 0.717) is 0 Å². The van der Waals surface area contributed by atoms with E-state index in [-0.39, 0.29) is 11.0 Å². The maximum atomic E-state index is 10.6. The molecule has 104 valence electrons. The second kappa shape index (κ2) is 7.48. The summed E-state index contributed by atoms with van der Waals surface area (Å²) in [7, 11) is -4.42. The van der Waals surface area contributed by atoms with Gasteiger partial charge in [0, 0.05) is 0 Å². The molecule has 0 heterocycles. The van der Waals surface area contributed by atoms with Crippen molar-refractivity contribution >= 4 is 10.1 Å². The van der Waals surface area contributed by atoms with Gasteiger partial charge in [0.1, 0.15) is 31.2 Å². The van der Waals surface area contributed by atoms with E-state index in [1.54, 1.807) is 36.8 Å². The van der Waals surface area contributed by atoms with Crippen LogP contribution in [0.2, 0.25) is 0 Å². The zero-order valence-corrected chi connectivity index (χ0v) is 11.8. The van der Waals surface area contributed by atoms with E-state index >= 15 is 0 Å². The minimum Gasteiger partial charge on any atom is -0.748 e. The molecule has 0 saturated carbocycles. The molecule has 1 unspecified atom stereocenters. The lowest BCUT2D eigenvalue weighted by Gasteiger charge is -2.29. The van der Waals surface area contributed by atoms with Gasteiger partial charge in [-0.25, -0.2) is 12.9 Å². The van der Waals surface area contributed by atoms with E-state index in [9.17, 15) is 18.1 Å². The smallest absolute Gasteiger partial charge is 0.119 e. The van der Waals surface area contributed by atoms with Crippen molar-refractivity contribution in [3.8, 4) is 0 Å². The highest BCUT2D eigenvalue weighted by Crippen LogP contribution is 2.14. The van der Waals surface area contributed by atoms with Crippen LogP contribution in [0.1, 0.15) is 20.8 Å². The highest BCUT2D eigenvalue weighted by atomic mass is 32.2. The summed E-state index contributed by atoms with van der Waals surface area (Å²) in [6.45, 7) is 5.59. The van der Waals surface area contributed by atoms with Gasteiger partial charge < -0.3 is 9.66 Å². The highest BCUT2D eigenvalue weighted by Gasteiger charge is 2.24. The fourth-order valence-electron chi connectivity index (χ4n) is 1.82. The molecule has 0 aliphatic carbocycles. The van der Waals surface area contributed by atoms with Gasteiger partial charge in [-0.1, -0.05) is 0 Å². The van der Waals surface area contributed by atoms with Crippen molar-refractivity contribution in [2.75, 3.05) is 12.3 Å². The van der Waals surface area contributed by atoms with E-state index in [1.807, 2.05) is 20.8 Å². The summed E-state index contributed by atoms with van der Waals surface area (Å²) in [6, 6.07) is 0. The van der Waals surface area contributed by atoms with Crippen LogP contribution in [0.25, 0.3) is 0 Å². The van der Waals surface area contributed by atoms with Crippen LogP contribution in [-0.4, -0.2) is 41.0 Å². The Bertz CT molecular complexity index is 392. The fourth-order valence-corrected chi connectivity index (χ4v) is 2.39. The summed E-state index contributed by atoms with van der Waals surface area (Å²) in [4.78, 5) is 0.